The van der Waals surface area contributed by atoms with Gasteiger partial charge in [-0.25, -0.2) is 25.6 Å². The number of methoxy groups -OCH3 is 1. The second-order valence-electron chi connectivity index (χ2n) is 8.35. The van der Waals surface area contributed by atoms with Gasteiger partial charge >= 0.3 is 0 Å². The number of carbonyl (C=O) groups is 1. The predicted octanol–water partition coefficient (Wildman–Crippen LogP) is 4.61. The highest BCUT2D eigenvalue weighted by atomic mass is 32.2. The molecule has 0 aliphatic carbocycles. The van der Waals surface area contributed by atoms with E-state index in [4.69, 9.17) is 4.74 Å². The number of rotatable bonds is 10. The summed E-state index contributed by atoms with van der Waals surface area (Å²) in [6, 6.07) is 20.1. The SMILES string of the molecule is COc1ccc(S(=O)(=O)N(CC(=O)Nc2ccc(S(=O)(=O)Nc3ccc(F)cc3)cc2)c2ccc(F)cc2)cc1. The molecule has 208 valence electrons. The van der Waals surface area contributed by atoms with Gasteiger partial charge in [0.25, 0.3) is 20.0 Å². The molecule has 4 rings (SSSR count). The highest BCUT2D eigenvalue weighted by Gasteiger charge is 2.27. The number of hydrogen-bond acceptors (Lipinski definition) is 6. The maximum Gasteiger partial charge on any atom is 0.264 e. The molecule has 2 N–H and O–H groups in total. The van der Waals surface area contributed by atoms with E-state index in [0.717, 1.165) is 28.6 Å². The van der Waals surface area contributed by atoms with E-state index < -0.39 is 44.1 Å². The molecular weight excluding hydrogens is 564 g/mol. The molecule has 0 aliphatic rings. The maximum atomic E-state index is 13.5. The molecule has 4 aromatic rings. The van der Waals surface area contributed by atoms with Crippen LogP contribution in [0, 0.1) is 11.6 Å². The van der Waals surface area contributed by atoms with E-state index in [1.54, 1.807) is 0 Å². The van der Waals surface area contributed by atoms with Crippen LogP contribution in [0.25, 0.3) is 0 Å². The van der Waals surface area contributed by atoms with Crippen LogP contribution in [0.2, 0.25) is 0 Å². The van der Waals surface area contributed by atoms with Crippen molar-refractivity contribution in [2.24, 2.45) is 0 Å². The van der Waals surface area contributed by atoms with E-state index in [9.17, 15) is 30.4 Å². The Balaban J connectivity index is 1.52. The van der Waals surface area contributed by atoms with E-state index in [-0.39, 0.29) is 26.9 Å². The Kier molecular flexibility index (Phi) is 8.35. The van der Waals surface area contributed by atoms with Crippen molar-refractivity contribution in [2.75, 3.05) is 28.0 Å². The third-order valence-corrected chi connectivity index (χ3v) is 8.78. The quantitative estimate of drug-likeness (QED) is 0.280. The molecule has 9 nitrogen and oxygen atoms in total. The highest BCUT2D eigenvalue weighted by molar-refractivity contribution is 7.93. The molecule has 1 amide bonds. The van der Waals surface area contributed by atoms with Crippen LogP contribution in [0.5, 0.6) is 5.75 Å². The lowest BCUT2D eigenvalue weighted by Crippen LogP contribution is -2.38. The van der Waals surface area contributed by atoms with Crippen molar-refractivity contribution in [1.29, 1.82) is 0 Å². The summed E-state index contributed by atoms with van der Waals surface area (Å²) in [6.07, 6.45) is 0. The number of amides is 1. The van der Waals surface area contributed by atoms with Crippen molar-refractivity contribution < 1.29 is 35.1 Å². The van der Waals surface area contributed by atoms with Gasteiger partial charge in [-0.2, -0.15) is 0 Å². The third-order valence-electron chi connectivity index (χ3n) is 5.59. The lowest BCUT2D eigenvalue weighted by molar-refractivity contribution is -0.114. The molecule has 0 atom stereocenters. The third kappa shape index (κ3) is 6.74. The zero-order valence-electron chi connectivity index (χ0n) is 20.9. The Labute approximate surface area is 230 Å². The first-order valence-corrected chi connectivity index (χ1v) is 14.5. The van der Waals surface area contributed by atoms with Gasteiger partial charge in [-0.15, -0.1) is 0 Å². The van der Waals surface area contributed by atoms with Crippen molar-refractivity contribution >= 4 is 43.0 Å². The van der Waals surface area contributed by atoms with E-state index in [0.29, 0.717) is 5.75 Å². The zero-order valence-corrected chi connectivity index (χ0v) is 22.5. The number of carbonyl (C=O) groups excluding carboxylic acids is 1. The van der Waals surface area contributed by atoms with Crippen LogP contribution in [-0.4, -0.2) is 36.4 Å². The fraction of sp³-hybridized carbons (Fsp3) is 0.0741. The normalized spacial score (nSPS) is 11.5. The number of halogens is 2. The predicted molar refractivity (Wildman–Crippen MR) is 146 cm³/mol. The van der Waals surface area contributed by atoms with Gasteiger partial charge in [-0.1, -0.05) is 0 Å². The molecule has 40 heavy (non-hydrogen) atoms. The first-order chi connectivity index (χ1) is 19.0. The summed E-state index contributed by atoms with van der Waals surface area (Å²) in [7, 11) is -6.82. The number of sulfonamides is 2. The van der Waals surface area contributed by atoms with Crippen molar-refractivity contribution in [1.82, 2.24) is 0 Å². The number of nitrogens with one attached hydrogen (secondary N) is 2. The monoisotopic (exact) mass is 587 g/mol. The van der Waals surface area contributed by atoms with E-state index >= 15 is 0 Å². The minimum absolute atomic E-state index is 0.0562. The van der Waals surface area contributed by atoms with Crippen LogP contribution in [0.1, 0.15) is 0 Å². The molecule has 0 aromatic heterocycles. The number of hydrogen-bond donors (Lipinski definition) is 2. The second-order valence-corrected chi connectivity index (χ2v) is 11.9. The van der Waals surface area contributed by atoms with Gasteiger partial charge in [-0.3, -0.25) is 13.8 Å². The minimum Gasteiger partial charge on any atom is -0.497 e. The Hall–Kier alpha value is -4.49. The van der Waals surface area contributed by atoms with Crippen molar-refractivity contribution in [3.8, 4) is 5.75 Å². The Bertz CT molecular complexity index is 1700. The lowest BCUT2D eigenvalue weighted by atomic mass is 10.3. The Morgan fingerprint density at radius 2 is 1.23 bits per heavy atom. The smallest absolute Gasteiger partial charge is 0.264 e. The number of benzene rings is 4. The molecule has 0 aliphatic heterocycles. The summed E-state index contributed by atoms with van der Waals surface area (Å²) in [5.74, 6) is -1.40. The van der Waals surface area contributed by atoms with Crippen LogP contribution < -0.4 is 19.1 Å². The van der Waals surface area contributed by atoms with Gasteiger partial charge in [0, 0.05) is 11.4 Å². The fourth-order valence-electron chi connectivity index (χ4n) is 3.58. The molecular formula is C27H23F2N3O6S2. The van der Waals surface area contributed by atoms with Gasteiger partial charge in [0.15, 0.2) is 0 Å². The van der Waals surface area contributed by atoms with Crippen LogP contribution >= 0.6 is 0 Å². The fourth-order valence-corrected chi connectivity index (χ4v) is 6.06. The van der Waals surface area contributed by atoms with Gasteiger partial charge in [0.05, 0.1) is 22.6 Å². The number of nitrogens with zero attached hydrogens (tertiary/aromatic N) is 1. The van der Waals surface area contributed by atoms with E-state index in [1.165, 1.54) is 79.9 Å². The van der Waals surface area contributed by atoms with Gasteiger partial charge in [-0.05, 0) is 97.1 Å². The van der Waals surface area contributed by atoms with Gasteiger partial charge in [0.1, 0.15) is 23.9 Å². The standard InChI is InChI=1S/C27H23F2N3O6S2/c1-38-24-12-16-26(17-13-24)40(36,37)32(23-10-4-20(29)5-11-23)18-27(33)30-21-8-14-25(15-9-21)39(34,35)31-22-6-2-19(28)3-7-22/h2-17,31H,18H2,1H3,(H,30,33). The first kappa shape index (κ1) is 28.5. The lowest BCUT2D eigenvalue weighted by Gasteiger charge is -2.24. The van der Waals surface area contributed by atoms with Gasteiger partial charge in [0.2, 0.25) is 5.91 Å². The van der Waals surface area contributed by atoms with Crippen molar-refractivity contribution in [2.45, 2.75) is 9.79 Å². The molecule has 0 heterocycles. The summed E-state index contributed by atoms with van der Waals surface area (Å²) in [5, 5.41) is 2.53. The van der Waals surface area contributed by atoms with Crippen LogP contribution in [-0.2, 0) is 24.8 Å². The van der Waals surface area contributed by atoms with Crippen molar-refractivity contribution in [3.63, 3.8) is 0 Å². The summed E-state index contributed by atoms with van der Waals surface area (Å²) >= 11 is 0. The van der Waals surface area contributed by atoms with Crippen LogP contribution in [0.15, 0.2) is 107 Å². The molecule has 0 saturated heterocycles. The first-order valence-electron chi connectivity index (χ1n) is 11.6. The average molecular weight is 588 g/mol. The maximum absolute atomic E-state index is 13.5. The Morgan fingerprint density at radius 1 is 0.725 bits per heavy atom. The van der Waals surface area contributed by atoms with E-state index in [1.807, 2.05) is 0 Å². The zero-order chi connectivity index (χ0) is 28.9. The molecule has 0 saturated carbocycles. The van der Waals surface area contributed by atoms with Crippen molar-refractivity contribution in [3.05, 3.63) is 109 Å². The van der Waals surface area contributed by atoms with E-state index in [2.05, 4.69) is 10.0 Å². The van der Waals surface area contributed by atoms with Crippen LogP contribution in [0.3, 0.4) is 0 Å². The van der Waals surface area contributed by atoms with Gasteiger partial charge < -0.3 is 10.1 Å². The molecule has 0 bridgehead atoms. The highest BCUT2D eigenvalue weighted by Crippen LogP contribution is 2.26. The second kappa shape index (κ2) is 11.7. The molecule has 0 fully saturated rings. The Morgan fingerprint density at radius 3 is 1.77 bits per heavy atom. The molecule has 0 spiro atoms. The molecule has 4 aromatic carbocycles. The van der Waals surface area contributed by atoms with Crippen LogP contribution in [0.4, 0.5) is 25.8 Å². The largest absolute Gasteiger partial charge is 0.497 e. The summed E-state index contributed by atoms with van der Waals surface area (Å²) < 4.78 is 87.0. The average Bonchev–Trinajstić information content (AvgIpc) is 2.94. The molecule has 0 radical (unpaired) electrons. The minimum atomic E-state index is -4.25. The molecule has 13 heteroatoms. The summed E-state index contributed by atoms with van der Waals surface area (Å²) in [4.78, 5) is 12.7. The number of ether oxygens (including phenoxy) is 1. The summed E-state index contributed by atoms with van der Waals surface area (Å²) in [6.45, 7) is -0.661. The molecule has 0 unspecified atom stereocenters. The topological polar surface area (TPSA) is 122 Å². The summed E-state index contributed by atoms with van der Waals surface area (Å²) in [5.41, 5.74) is 0.421. The number of anilines is 3.